The Balaban J connectivity index is 1.67. The van der Waals surface area contributed by atoms with E-state index in [9.17, 15) is 4.79 Å². The lowest BCUT2D eigenvalue weighted by molar-refractivity contribution is 0.748. The predicted octanol–water partition coefficient (Wildman–Crippen LogP) is 3.89. The van der Waals surface area contributed by atoms with Gasteiger partial charge in [-0.15, -0.1) is 17.9 Å². The van der Waals surface area contributed by atoms with E-state index in [1.165, 1.54) is 11.3 Å². The number of benzene rings is 1. The largest absolute Gasteiger partial charge is 0.315 e. The van der Waals surface area contributed by atoms with Crippen LogP contribution in [-0.2, 0) is 12.3 Å². The zero-order valence-corrected chi connectivity index (χ0v) is 15.3. The Kier molecular flexibility index (Phi) is 4.19. The second kappa shape index (κ2) is 6.50. The molecule has 3 heterocycles. The minimum absolute atomic E-state index is 0.0288. The average molecular weight is 368 g/mol. The number of hydrogen-bond acceptors (Lipinski definition) is 5. The van der Waals surface area contributed by atoms with Gasteiger partial charge in [0.15, 0.2) is 10.1 Å². The molecule has 0 N–H and O–H groups in total. The van der Waals surface area contributed by atoms with Crippen LogP contribution < -0.4 is 5.56 Å². The molecule has 0 atom stereocenters. The van der Waals surface area contributed by atoms with Crippen LogP contribution in [0.25, 0.3) is 16.0 Å². The first kappa shape index (κ1) is 16.1. The number of imidazole rings is 1. The zero-order valence-electron chi connectivity index (χ0n) is 13.7. The molecule has 0 saturated carbocycles. The predicted molar refractivity (Wildman–Crippen MR) is 104 cm³/mol. The smallest absolute Gasteiger partial charge is 0.258 e. The van der Waals surface area contributed by atoms with Gasteiger partial charge in [0.25, 0.3) is 5.56 Å². The van der Waals surface area contributed by atoms with E-state index in [-0.39, 0.29) is 5.56 Å². The van der Waals surface area contributed by atoms with Crippen LogP contribution in [0.1, 0.15) is 11.4 Å². The van der Waals surface area contributed by atoms with Crippen LogP contribution in [0.15, 0.2) is 58.3 Å². The molecule has 5 nitrogen and oxygen atoms in total. The van der Waals surface area contributed by atoms with Crippen molar-refractivity contribution in [2.45, 2.75) is 24.4 Å². The summed E-state index contributed by atoms with van der Waals surface area (Å²) in [6.45, 7) is 6.45. The van der Waals surface area contributed by atoms with Gasteiger partial charge in [0.2, 0.25) is 0 Å². The SMILES string of the molecule is C=CCn1c(SCc2cc(=O)n3c(C)csc3n2)nc2ccccc21. The van der Waals surface area contributed by atoms with Gasteiger partial charge in [-0.3, -0.25) is 9.20 Å². The van der Waals surface area contributed by atoms with Crippen molar-refractivity contribution in [3.05, 3.63) is 70.1 Å². The van der Waals surface area contributed by atoms with E-state index in [0.717, 1.165) is 32.5 Å². The molecular formula is C18H16N4OS2. The molecule has 0 saturated heterocycles. The van der Waals surface area contributed by atoms with Crippen LogP contribution in [0.5, 0.6) is 0 Å². The van der Waals surface area contributed by atoms with Crippen LogP contribution in [0.3, 0.4) is 0 Å². The molecule has 126 valence electrons. The van der Waals surface area contributed by atoms with Crippen molar-refractivity contribution in [2.24, 2.45) is 0 Å². The van der Waals surface area contributed by atoms with Gasteiger partial charge in [-0.25, -0.2) is 9.97 Å². The van der Waals surface area contributed by atoms with Crippen molar-refractivity contribution < 1.29 is 0 Å². The van der Waals surface area contributed by atoms with Gasteiger partial charge in [0.05, 0.1) is 16.7 Å². The minimum atomic E-state index is -0.0288. The number of thiazole rings is 1. The minimum Gasteiger partial charge on any atom is -0.315 e. The maximum absolute atomic E-state index is 12.3. The van der Waals surface area contributed by atoms with E-state index < -0.39 is 0 Å². The third-order valence-electron chi connectivity index (χ3n) is 3.91. The molecule has 0 spiro atoms. The van der Waals surface area contributed by atoms with Crippen molar-refractivity contribution in [3.63, 3.8) is 0 Å². The summed E-state index contributed by atoms with van der Waals surface area (Å²) in [5, 5.41) is 2.86. The van der Waals surface area contributed by atoms with Gasteiger partial charge < -0.3 is 4.57 Å². The fourth-order valence-corrected chi connectivity index (χ4v) is 4.59. The van der Waals surface area contributed by atoms with Crippen LogP contribution in [0.2, 0.25) is 0 Å². The third-order valence-corrected chi connectivity index (χ3v) is 5.86. The summed E-state index contributed by atoms with van der Waals surface area (Å²) in [7, 11) is 0. The first-order valence-electron chi connectivity index (χ1n) is 7.83. The van der Waals surface area contributed by atoms with Gasteiger partial charge in [0.1, 0.15) is 0 Å². The molecule has 0 fully saturated rings. The number of thioether (sulfide) groups is 1. The molecule has 4 rings (SSSR count). The Morgan fingerprint density at radius 1 is 1.32 bits per heavy atom. The molecule has 25 heavy (non-hydrogen) atoms. The van der Waals surface area contributed by atoms with Crippen molar-refractivity contribution in [2.75, 3.05) is 0 Å². The lowest BCUT2D eigenvalue weighted by Gasteiger charge is -2.06. The van der Waals surface area contributed by atoms with Crippen LogP contribution in [0.4, 0.5) is 0 Å². The highest BCUT2D eigenvalue weighted by Crippen LogP contribution is 2.26. The van der Waals surface area contributed by atoms with Crippen molar-refractivity contribution in [1.29, 1.82) is 0 Å². The molecule has 0 radical (unpaired) electrons. The van der Waals surface area contributed by atoms with Gasteiger partial charge in [-0.2, -0.15) is 0 Å². The summed E-state index contributed by atoms with van der Waals surface area (Å²) in [6, 6.07) is 9.66. The Bertz CT molecular complexity index is 1140. The van der Waals surface area contributed by atoms with Gasteiger partial charge in [-0.05, 0) is 19.1 Å². The number of nitrogens with zero attached hydrogens (tertiary/aromatic N) is 4. The monoisotopic (exact) mass is 368 g/mol. The highest BCUT2D eigenvalue weighted by atomic mass is 32.2. The average Bonchev–Trinajstić information content (AvgIpc) is 3.15. The number of aryl methyl sites for hydroxylation is 1. The fourth-order valence-electron chi connectivity index (χ4n) is 2.78. The zero-order chi connectivity index (χ0) is 17.4. The first-order valence-corrected chi connectivity index (χ1v) is 9.69. The van der Waals surface area contributed by atoms with Crippen LogP contribution in [-0.4, -0.2) is 18.9 Å². The van der Waals surface area contributed by atoms with Gasteiger partial charge in [0, 0.05) is 29.4 Å². The van der Waals surface area contributed by atoms with E-state index in [1.807, 2.05) is 36.6 Å². The Labute approximate surface area is 152 Å². The van der Waals surface area contributed by atoms with Gasteiger partial charge >= 0.3 is 0 Å². The number of fused-ring (bicyclic) bond motifs is 2. The molecule has 0 amide bonds. The summed E-state index contributed by atoms with van der Waals surface area (Å²) >= 11 is 3.08. The number of allylic oxidation sites excluding steroid dienone is 1. The molecule has 0 aliphatic carbocycles. The summed E-state index contributed by atoms with van der Waals surface area (Å²) < 4.78 is 3.78. The maximum atomic E-state index is 12.3. The third kappa shape index (κ3) is 2.89. The van der Waals surface area contributed by atoms with Gasteiger partial charge in [-0.1, -0.05) is 30.0 Å². The summed E-state index contributed by atoms with van der Waals surface area (Å²) in [5.41, 5.74) is 3.71. The van der Waals surface area contributed by atoms with Crippen molar-refractivity contribution >= 4 is 39.1 Å². The molecule has 0 aliphatic rings. The number of para-hydroxylation sites is 2. The van der Waals surface area contributed by atoms with Crippen molar-refractivity contribution in [3.8, 4) is 0 Å². The maximum Gasteiger partial charge on any atom is 0.258 e. The number of aromatic nitrogens is 4. The standard InChI is InChI=1S/C18H16N4OS2/c1-3-8-21-15-7-5-4-6-14(15)20-17(21)25-11-13-9-16(23)22-12(2)10-24-18(22)19-13/h3-7,9-10H,1,8,11H2,2H3. The summed E-state index contributed by atoms with van der Waals surface area (Å²) in [6.07, 6.45) is 1.86. The molecule has 1 aromatic carbocycles. The summed E-state index contributed by atoms with van der Waals surface area (Å²) in [4.78, 5) is 22.3. The highest BCUT2D eigenvalue weighted by molar-refractivity contribution is 7.98. The Hall–Kier alpha value is -2.38. The number of hydrogen-bond donors (Lipinski definition) is 0. The lowest BCUT2D eigenvalue weighted by Crippen LogP contribution is -2.14. The topological polar surface area (TPSA) is 52.2 Å². The quantitative estimate of drug-likeness (QED) is 0.396. The molecule has 0 aliphatic heterocycles. The van der Waals surface area contributed by atoms with E-state index in [1.54, 1.807) is 22.2 Å². The van der Waals surface area contributed by atoms with Crippen molar-refractivity contribution in [1.82, 2.24) is 18.9 Å². The highest BCUT2D eigenvalue weighted by Gasteiger charge is 2.12. The fraction of sp³-hybridized carbons (Fsp3) is 0.167. The Morgan fingerprint density at radius 3 is 3.00 bits per heavy atom. The van der Waals surface area contributed by atoms with E-state index in [0.29, 0.717) is 12.3 Å². The normalized spacial score (nSPS) is 11.4. The molecular weight excluding hydrogens is 352 g/mol. The second-order valence-electron chi connectivity index (χ2n) is 5.65. The molecule has 4 aromatic rings. The number of rotatable bonds is 5. The van der Waals surface area contributed by atoms with E-state index in [4.69, 9.17) is 4.98 Å². The van der Waals surface area contributed by atoms with E-state index in [2.05, 4.69) is 22.2 Å². The molecule has 7 heteroatoms. The Morgan fingerprint density at radius 2 is 2.16 bits per heavy atom. The van der Waals surface area contributed by atoms with E-state index >= 15 is 0 Å². The van der Waals surface area contributed by atoms with Crippen LogP contribution >= 0.6 is 23.1 Å². The lowest BCUT2D eigenvalue weighted by atomic mass is 10.3. The van der Waals surface area contributed by atoms with Crippen LogP contribution in [0, 0.1) is 6.92 Å². The molecule has 0 unspecified atom stereocenters. The first-order chi connectivity index (χ1) is 12.2. The summed E-state index contributed by atoms with van der Waals surface area (Å²) in [5.74, 6) is 0.600. The second-order valence-corrected chi connectivity index (χ2v) is 7.43. The molecule has 0 bridgehead atoms. The molecule has 3 aromatic heterocycles.